The summed E-state index contributed by atoms with van der Waals surface area (Å²) in [6, 6.07) is 9.31. The predicted molar refractivity (Wildman–Crippen MR) is 111 cm³/mol. The SMILES string of the molecule is O=C(Nc1ccc(N2CCN(C(=O)C(F)(F)F)CC2)c(Cl)c1)c1ccc(Cl)c(Cl)c1. The second-order valence-corrected chi connectivity index (χ2v) is 7.75. The quantitative estimate of drug-likeness (QED) is 0.664. The van der Waals surface area contributed by atoms with Gasteiger partial charge in [0.15, 0.2) is 0 Å². The van der Waals surface area contributed by atoms with E-state index in [0.29, 0.717) is 27.0 Å². The summed E-state index contributed by atoms with van der Waals surface area (Å²) in [4.78, 5) is 26.3. The molecule has 1 saturated heterocycles. The Kier molecular flexibility index (Phi) is 6.69. The number of carbonyl (C=O) groups excluding carboxylic acids is 2. The smallest absolute Gasteiger partial charge is 0.367 e. The van der Waals surface area contributed by atoms with Crippen LogP contribution in [-0.2, 0) is 4.79 Å². The zero-order chi connectivity index (χ0) is 22.1. The van der Waals surface area contributed by atoms with Crippen LogP contribution in [0.15, 0.2) is 36.4 Å². The molecule has 1 fully saturated rings. The molecule has 2 aromatic rings. The number of carbonyl (C=O) groups is 2. The van der Waals surface area contributed by atoms with Crippen molar-refractivity contribution >= 4 is 58.0 Å². The highest BCUT2D eigenvalue weighted by Gasteiger charge is 2.43. The Hall–Kier alpha value is -2.16. The van der Waals surface area contributed by atoms with E-state index in [1.807, 2.05) is 0 Å². The van der Waals surface area contributed by atoms with Gasteiger partial charge in [-0.2, -0.15) is 13.2 Å². The highest BCUT2D eigenvalue weighted by atomic mass is 35.5. The van der Waals surface area contributed by atoms with Crippen molar-refractivity contribution in [2.45, 2.75) is 6.18 Å². The van der Waals surface area contributed by atoms with Crippen LogP contribution in [0.4, 0.5) is 24.5 Å². The number of piperazine rings is 1. The lowest BCUT2D eigenvalue weighted by Crippen LogP contribution is -2.52. The number of hydrogen-bond acceptors (Lipinski definition) is 3. The summed E-state index contributed by atoms with van der Waals surface area (Å²) in [6.07, 6.45) is -4.88. The van der Waals surface area contributed by atoms with Crippen molar-refractivity contribution in [3.63, 3.8) is 0 Å². The maximum Gasteiger partial charge on any atom is 0.471 e. The molecule has 0 spiro atoms. The molecule has 0 saturated carbocycles. The van der Waals surface area contributed by atoms with E-state index < -0.39 is 18.0 Å². The van der Waals surface area contributed by atoms with Crippen molar-refractivity contribution < 1.29 is 22.8 Å². The van der Waals surface area contributed by atoms with E-state index in [0.717, 1.165) is 4.90 Å². The van der Waals surface area contributed by atoms with Crippen molar-refractivity contribution in [3.05, 3.63) is 57.0 Å². The summed E-state index contributed by atoms with van der Waals surface area (Å²) < 4.78 is 37.7. The number of nitrogens with zero attached hydrogens (tertiary/aromatic N) is 2. The van der Waals surface area contributed by atoms with Gasteiger partial charge in [-0.15, -0.1) is 0 Å². The molecule has 2 aromatic carbocycles. The lowest BCUT2D eigenvalue weighted by Gasteiger charge is -2.36. The number of alkyl halides is 3. The molecular formula is C19H15Cl3F3N3O2. The first-order chi connectivity index (χ1) is 14.1. The fourth-order valence-electron chi connectivity index (χ4n) is 3.01. The van der Waals surface area contributed by atoms with E-state index in [1.54, 1.807) is 23.1 Å². The van der Waals surface area contributed by atoms with Crippen LogP contribution in [0.3, 0.4) is 0 Å². The van der Waals surface area contributed by atoms with Crippen molar-refractivity contribution in [2.24, 2.45) is 0 Å². The van der Waals surface area contributed by atoms with E-state index in [4.69, 9.17) is 34.8 Å². The average Bonchev–Trinajstić information content (AvgIpc) is 2.69. The largest absolute Gasteiger partial charge is 0.471 e. The maximum atomic E-state index is 12.6. The zero-order valence-electron chi connectivity index (χ0n) is 15.3. The molecule has 30 heavy (non-hydrogen) atoms. The monoisotopic (exact) mass is 479 g/mol. The molecule has 0 atom stereocenters. The lowest BCUT2D eigenvalue weighted by atomic mass is 10.2. The van der Waals surface area contributed by atoms with Crippen molar-refractivity contribution in [1.29, 1.82) is 0 Å². The second kappa shape index (κ2) is 8.91. The van der Waals surface area contributed by atoms with Crippen LogP contribution in [0.5, 0.6) is 0 Å². The molecule has 0 aromatic heterocycles. The van der Waals surface area contributed by atoms with E-state index in [2.05, 4.69) is 5.32 Å². The first kappa shape index (κ1) is 22.5. The Labute approximate surface area is 185 Å². The van der Waals surface area contributed by atoms with Crippen LogP contribution in [0.2, 0.25) is 15.1 Å². The molecule has 3 rings (SSSR count). The number of anilines is 2. The van der Waals surface area contributed by atoms with Gasteiger partial charge in [0.1, 0.15) is 0 Å². The number of amides is 2. The van der Waals surface area contributed by atoms with Crippen LogP contribution in [0.25, 0.3) is 0 Å². The van der Waals surface area contributed by atoms with Crippen LogP contribution < -0.4 is 10.2 Å². The average molecular weight is 481 g/mol. The Morgan fingerprint density at radius 1 is 0.867 bits per heavy atom. The standard InChI is InChI=1S/C19H15Cl3F3N3O2/c20-13-3-1-11(9-14(13)21)17(29)26-12-2-4-16(15(22)10-12)27-5-7-28(8-6-27)18(30)19(23,24)25/h1-4,9-10H,5-8H2,(H,26,29). The number of hydrogen-bond donors (Lipinski definition) is 1. The van der Waals surface area contributed by atoms with Crippen LogP contribution in [0.1, 0.15) is 10.4 Å². The summed E-state index contributed by atoms with van der Waals surface area (Å²) in [5.74, 6) is -2.25. The molecule has 1 N–H and O–H groups in total. The Morgan fingerprint density at radius 2 is 1.53 bits per heavy atom. The summed E-state index contributed by atoms with van der Waals surface area (Å²) in [5.41, 5.74) is 1.35. The fourth-order valence-corrected chi connectivity index (χ4v) is 3.61. The van der Waals surface area contributed by atoms with Gasteiger partial charge >= 0.3 is 12.1 Å². The van der Waals surface area contributed by atoms with Crippen molar-refractivity contribution in [3.8, 4) is 0 Å². The summed E-state index contributed by atoms with van der Waals surface area (Å²) in [6.45, 7) is 0.280. The molecule has 1 aliphatic heterocycles. The topological polar surface area (TPSA) is 52.7 Å². The summed E-state index contributed by atoms with van der Waals surface area (Å²) >= 11 is 18.1. The second-order valence-electron chi connectivity index (χ2n) is 6.53. The molecule has 0 aliphatic carbocycles. The number of halogens is 6. The molecule has 1 aliphatic rings. The summed E-state index contributed by atoms with van der Waals surface area (Å²) in [7, 11) is 0. The Morgan fingerprint density at radius 3 is 2.10 bits per heavy atom. The van der Waals surface area contributed by atoms with Gasteiger partial charge in [0, 0.05) is 37.4 Å². The fraction of sp³-hybridized carbons (Fsp3) is 0.263. The Bertz CT molecular complexity index is 977. The third-order valence-corrected chi connectivity index (χ3v) is 5.58. The molecule has 0 radical (unpaired) electrons. The number of rotatable bonds is 3. The normalized spacial score (nSPS) is 14.6. The highest BCUT2D eigenvalue weighted by Crippen LogP contribution is 2.31. The van der Waals surface area contributed by atoms with Gasteiger partial charge in [0.05, 0.1) is 20.8 Å². The molecule has 0 unspecified atom stereocenters. The van der Waals surface area contributed by atoms with Crippen LogP contribution in [-0.4, -0.2) is 49.1 Å². The third kappa shape index (κ3) is 5.11. The molecule has 0 bridgehead atoms. The highest BCUT2D eigenvalue weighted by molar-refractivity contribution is 6.42. The van der Waals surface area contributed by atoms with E-state index >= 15 is 0 Å². The van der Waals surface area contributed by atoms with Gasteiger partial charge in [-0.05, 0) is 36.4 Å². The number of nitrogens with one attached hydrogen (secondary N) is 1. The minimum Gasteiger partial charge on any atom is -0.367 e. The minimum absolute atomic E-state index is 0.0650. The maximum absolute atomic E-state index is 12.6. The van der Waals surface area contributed by atoms with Gasteiger partial charge in [-0.1, -0.05) is 34.8 Å². The lowest BCUT2D eigenvalue weighted by molar-refractivity contribution is -0.185. The van der Waals surface area contributed by atoms with Gasteiger partial charge in [-0.3, -0.25) is 9.59 Å². The Balaban J connectivity index is 1.65. The first-order valence-electron chi connectivity index (χ1n) is 8.73. The van der Waals surface area contributed by atoms with E-state index in [1.165, 1.54) is 18.2 Å². The minimum atomic E-state index is -4.88. The van der Waals surface area contributed by atoms with E-state index in [9.17, 15) is 22.8 Å². The van der Waals surface area contributed by atoms with Gasteiger partial charge in [0.2, 0.25) is 0 Å². The molecule has 5 nitrogen and oxygen atoms in total. The van der Waals surface area contributed by atoms with Gasteiger partial charge in [0.25, 0.3) is 5.91 Å². The van der Waals surface area contributed by atoms with Gasteiger partial charge < -0.3 is 15.1 Å². The summed E-state index contributed by atoms with van der Waals surface area (Å²) in [5, 5.41) is 3.59. The number of benzene rings is 2. The van der Waals surface area contributed by atoms with Gasteiger partial charge in [-0.25, -0.2) is 0 Å². The van der Waals surface area contributed by atoms with Crippen LogP contribution >= 0.6 is 34.8 Å². The molecule has 11 heteroatoms. The van der Waals surface area contributed by atoms with E-state index in [-0.39, 0.29) is 31.2 Å². The molecular weight excluding hydrogens is 466 g/mol. The third-order valence-electron chi connectivity index (χ3n) is 4.54. The van der Waals surface area contributed by atoms with Crippen LogP contribution in [0, 0.1) is 0 Å². The molecule has 160 valence electrons. The van der Waals surface area contributed by atoms with Crippen molar-refractivity contribution in [2.75, 3.05) is 36.4 Å². The molecule has 1 heterocycles. The predicted octanol–water partition coefficient (Wildman–Crippen LogP) is 5.11. The first-order valence-corrected chi connectivity index (χ1v) is 9.86. The molecule has 2 amide bonds. The zero-order valence-corrected chi connectivity index (χ0v) is 17.5. The van der Waals surface area contributed by atoms with Crippen molar-refractivity contribution in [1.82, 2.24) is 4.90 Å².